The Morgan fingerprint density at radius 1 is 1.29 bits per heavy atom. The molecule has 1 N–H and O–H groups in total. The first-order chi connectivity index (χ1) is 8.22. The Labute approximate surface area is 99.7 Å². The molecule has 0 atom stereocenters. The number of aryl methyl sites for hydroxylation is 1. The van der Waals surface area contributed by atoms with Crippen LogP contribution in [0, 0.1) is 6.92 Å². The SMILES string of the molecule is COc1ccc2c(c1O)-c1nccc(C)c1C2. The lowest BCUT2D eigenvalue weighted by Gasteiger charge is -2.08. The summed E-state index contributed by atoms with van der Waals surface area (Å²) in [5, 5.41) is 10.2. The molecule has 1 aromatic carbocycles. The third-order valence-electron chi connectivity index (χ3n) is 3.34. The molecule has 0 spiro atoms. The van der Waals surface area contributed by atoms with E-state index in [0.717, 1.165) is 23.2 Å². The number of methoxy groups -OCH3 is 1. The molecule has 0 saturated heterocycles. The summed E-state index contributed by atoms with van der Waals surface area (Å²) in [5.74, 6) is 0.696. The highest BCUT2D eigenvalue weighted by atomic mass is 16.5. The van der Waals surface area contributed by atoms with Crippen LogP contribution in [0.4, 0.5) is 0 Å². The summed E-state index contributed by atoms with van der Waals surface area (Å²) in [6.07, 6.45) is 2.62. The molecule has 86 valence electrons. The van der Waals surface area contributed by atoms with Crippen LogP contribution in [0.3, 0.4) is 0 Å². The van der Waals surface area contributed by atoms with Gasteiger partial charge in [-0.3, -0.25) is 4.98 Å². The van der Waals surface area contributed by atoms with E-state index in [1.54, 1.807) is 19.4 Å². The number of phenolic OH excluding ortho intramolecular Hbond substituents is 1. The molecule has 0 radical (unpaired) electrons. The number of phenols is 1. The van der Waals surface area contributed by atoms with E-state index in [1.807, 2.05) is 12.1 Å². The van der Waals surface area contributed by atoms with Gasteiger partial charge in [0.2, 0.25) is 0 Å². The van der Waals surface area contributed by atoms with Crippen molar-refractivity contribution in [2.45, 2.75) is 13.3 Å². The number of hydrogen-bond acceptors (Lipinski definition) is 3. The molecule has 1 aliphatic carbocycles. The highest BCUT2D eigenvalue weighted by molar-refractivity contribution is 5.81. The van der Waals surface area contributed by atoms with Crippen LogP contribution in [-0.4, -0.2) is 17.2 Å². The number of rotatable bonds is 1. The number of aromatic nitrogens is 1. The number of fused-ring (bicyclic) bond motifs is 3. The molecule has 0 saturated carbocycles. The summed E-state index contributed by atoms with van der Waals surface area (Å²) in [6, 6.07) is 5.80. The number of pyridine rings is 1. The zero-order chi connectivity index (χ0) is 12.0. The van der Waals surface area contributed by atoms with Gasteiger partial charge in [0.15, 0.2) is 11.5 Å². The Morgan fingerprint density at radius 2 is 2.12 bits per heavy atom. The lowest BCUT2D eigenvalue weighted by Crippen LogP contribution is -1.89. The second-order valence-electron chi connectivity index (χ2n) is 4.28. The van der Waals surface area contributed by atoms with Gasteiger partial charge in [-0.1, -0.05) is 6.07 Å². The van der Waals surface area contributed by atoms with E-state index in [-0.39, 0.29) is 5.75 Å². The number of ether oxygens (including phenoxy) is 1. The van der Waals surface area contributed by atoms with Gasteiger partial charge in [-0.05, 0) is 35.7 Å². The standard InChI is InChI=1S/C14H13NO2/c1-8-5-6-15-13-10(8)7-9-3-4-11(17-2)14(16)12(9)13/h3-6,16H,7H2,1-2H3. The zero-order valence-electron chi connectivity index (χ0n) is 9.82. The third-order valence-corrected chi connectivity index (χ3v) is 3.34. The van der Waals surface area contributed by atoms with Crippen molar-refractivity contribution in [3.63, 3.8) is 0 Å². The molecule has 0 aliphatic heterocycles. The molecule has 3 rings (SSSR count). The molecule has 2 aromatic rings. The fourth-order valence-corrected chi connectivity index (χ4v) is 2.41. The Kier molecular flexibility index (Phi) is 2.08. The highest BCUT2D eigenvalue weighted by Gasteiger charge is 2.25. The molecule has 0 amide bonds. The minimum absolute atomic E-state index is 0.196. The van der Waals surface area contributed by atoms with Gasteiger partial charge >= 0.3 is 0 Å². The Balaban J connectivity index is 2.31. The summed E-state index contributed by atoms with van der Waals surface area (Å²) in [5.41, 5.74) is 5.23. The van der Waals surface area contributed by atoms with Gasteiger partial charge in [-0.2, -0.15) is 0 Å². The maximum absolute atomic E-state index is 10.2. The van der Waals surface area contributed by atoms with Gasteiger partial charge in [0, 0.05) is 18.2 Å². The average Bonchev–Trinajstić information content (AvgIpc) is 2.70. The van der Waals surface area contributed by atoms with Crippen molar-refractivity contribution in [3.05, 3.63) is 41.1 Å². The molecule has 1 aromatic heterocycles. The molecular formula is C14H13NO2. The average molecular weight is 227 g/mol. The summed E-state index contributed by atoms with van der Waals surface area (Å²) >= 11 is 0. The molecule has 0 unspecified atom stereocenters. The van der Waals surface area contributed by atoms with Crippen LogP contribution in [0.2, 0.25) is 0 Å². The van der Waals surface area contributed by atoms with Crippen LogP contribution in [0.5, 0.6) is 11.5 Å². The highest BCUT2D eigenvalue weighted by Crippen LogP contribution is 2.45. The lowest BCUT2D eigenvalue weighted by molar-refractivity contribution is 0.374. The first-order valence-corrected chi connectivity index (χ1v) is 5.56. The van der Waals surface area contributed by atoms with Crippen LogP contribution in [-0.2, 0) is 6.42 Å². The molecule has 1 aliphatic rings. The van der Waals surface area contributed by atoms with Gasteiger partial charge in [-0.25, -0.2) is 0 Å². The van der Waals surface area contributed by atoms with Crippen molar-refractivity contribution >= 4 is 0 Å². The molecule has 3 nitrogen and oxygen atoms in total. The molecule has 17 heavy (non-hydrogen) atoms. The van der Waals surface area contributed by atoms with Crippen molar-refractivity contribution in [2.75, 3.05) is 7.11 Å². The monoisotopic (exact) mass is 227 g/mol. The van der Waals surface area contributed by atoms with E-state index in [2.05, 4.69) is 11.9 Å². The Morgan fingerprint density at radius 3 is 2.88 bits per heavy atom. The van der Waals surface area contributed by atoms with Crippen molar-refractivity contribution in [1.29, 1.82) is 0 Å². The lowest BCUT2D eigenvalue weighted by atomic mass is 10.1. The Hall–Kier alpha value is -2.03. The number of hydrogen-bond donors (Lipinski definition) is 1. The van der Waals surface area contributed by atoms with E-state index in [0.29, 0.717) is 5.75 Å². The van der Waals surface area contributed by atoms with E-state index in [1.165, 1.54) is 11.1 Å². The molecular weight excluding hydrogens is 214 g/mol. The Bertz CT molecular complexity index is 605. The largest absolute Gasteiger partial charge is 0.504 e. The van der Waals surface area contributed by atoms with E-state index in [9.17, 15) is 5.11 Å². The molecule has 3 heteroatoms. The van der Waals surface area contributed by atoms with Gasteiger partial charge in [0.05, 0.1) is 12.8 Å². The predicted octanol–water partition coefficient (Wildman–Crippen LogP) is 2.68. The van der Waals surface area contributed by atoms with Gasteiger partial charge in [-0.15, -0.1) is 0 Å². The normalized spacial score (nSPS) is 12.1. The summed E-state index contributed by atoms with van der Waals surface area (Å²) in [6.45, 7) is 2.07. The zero-order valence-corrected chi connectivity index (χ0v) is 9.82. The predicted molar refractivity (Wildman–Crippen MR) is 65.4 cm³/mol. The van der Waals surface area contributed by atoms with E-state index in [4.69, 9.17) is 4.74 Å². The summed E-state index contributed by atoms with van der Waals surface area (Å²) in [7, 11) is 1.56. The van der Waals surface area contributed by atoms with Crippen LogP contribution in [0.25, 0.3) is 11.3 Å². The first-order valence-electron chi connectivity index (χ1n) is 5.56. The summed E-state index contributed by atoms with van der Waals surface area (Å²) < 4.78 is 5.14. The number of benzene rings is 1. The van der Waals surface area contributed by atoms with Crippen LogP contribution >= 0.6 is 0 Å². The van der Waals surface area contributed by atoms with E-state index >= 15 is 0 Å². The second-order valence-corrected chi connectivity index (χ2v) is 4.28. The quantitative estimate of drug-likeness (QED) is 0.695. The fourth-order valence-electron chi connectivity index (χ4n) is 2.41. The van der Waals surface area contributed by atoms with Crippen LogP contribution in [0.15, 0.2) is 24.4 Å². The minimum atomic E-state index is 0.196. The fraction of sp³-hybridized carbons (Fsp3) is 0.214. The van der Waals surface area contributed by atoms with E-state index < -0.39 is 0 Å². The minimum Gasteiger partial charge on any atom is -0.504 e. The molecule has 0 fully saturated rings. The number of nitrogens with zero attached hydrogens (tertiary/aromatic N) is 1. The summed E-state index contributed by atoms with van der Waals surface area (Å²) in [4.78, 5) is 4.38. The van der Waals surface area contributed by atoms with Crippen molar-refractivity contribution < 1.29 is 9.84 Å². The maximum atomic E-state index is 10.2. The smallest absolute Gasteiger partial charge is 0.167 e. The second kappa shape index (κ2) is 3.48. The third kappa shape index (κ3) is 1.32. The molecule has 1 heterocycles. The van der Waals surface area contributed by atoms with Crippen molar-refractivity contribution in [2.24, 2.45) is 0 Å². The number of aromatic hydroxyl groups is 1. The van der Waals surface area contributed by atoms with Crippen LogP contribution in [0.1, 0.15) is 16.7 Å². The van der Waals surface area contributed by atoms with Crippen molar-refractivity contribution in [1.82, 2.24) is 4.98 Å². The van der Waals surface area contributed by atoms with Crippen molar-refractivity contribution in [3.8, 4) is 22.8 Å². The van der Waals surface area contributed by atoms with Gasteiger partial charge < -0.3 is 9.84 Å². The van der Waals surface area contributed by atoms with Gasteiger partial charge in [0.1, 0.15) is 0 Å². The topological polar surface area (TPSA) is 42.4 Å². The first kappa shape index (κ1) is 10.1. The molecule has 0 bridgehead atoms. The maximum Gasteiger partial charge on any atom is 0.167 e. The van der Waals surface area contributed by atoms with Gasteiger partial charge in [0.25, 0.3) is 0 Å². The van der Waals surface area contributed by atoms with Crippen LogP contribution < -0.4 is 4.74 Å².